The molecule has 102 valence electrons. The maximum absolute atomic E-state index is 5.49. The third-order valence-corrected chi connectivity index (χ3v) is 3.10. The third kappa shape index (κ3) is 5.65. The van der Waals surface area contributed by atoms with E-state index in [2.05, 4.69) is 50.4 Å². The van der Waals surface area contributed by atoms with Gasteiger partial charge in [-0.25, -0.2) is 0 Å². The number of aryl methyl sites for hydroxylation is 1. The molecular weight excluding hydrogens is 222 g/mol. The van der Waals surface area contributed by atoms with E-state index in [0.29, 0.717) is 12.0 Å². The molecule has 0 radical (unpaired) electrons. The summed E-state index contributed by atoms with van der Waals surface area (Å²) in [7, 11) is 0. The number of ether oxygens (including phenoxy) is 1. The lowest BCUT2D eigenvalue weighted by molar-refractivity contribution is 0.139. The van der Waals surface area contributed by atoms with Crippen molar-refractivity contribution < 1.29 is 4.74 Å². The Balaban J connectivity index is 2.63. The van der Waals surface area contributed by atoms with E-state index in [-0.39, 0.29) is 0 Å². The molecule has 0 aliphatic heterocycles. The Morgan fingerprint density at radius 3 is 2.67 bits per heavy atom. The Bertz CT molecular complexity index is 336. The minimum absolute atomic E-state index is 0.532. The first-order valence-electron chi connectivity index (χ1n) is 7.01. The van der Waals surface area contributed by atoms with Crippen molar-refractivity contribution in [1.82, 2.24) is 5.32 Å². The van der Waals surface area contributed by atoms with Crippen molar-refractivity contribution in [2.24, 2.45) is 0 Å². The normalized spacial score (nSPS) is 12.9. The second-order valence-electron chi connectivity index (χ2n) is 5.16. The fourth-order valence-corrected chi connectivity index (χ4v) is 2.06. The van der Waals surface area contributed by atoms with Gasteiger partial charge < -0.3 is 10.1 Å². The van der Waals surface area contributed by atoms with Gasteiger partial charge in [-0.05, 0) is 31.7 Å². The van der Waals surface area contributed by atoms with E-state index < -0.39 is 0 Å². The molecule has 18 heavy (non-hydrogen) atoms. The van der Waals surface area contributed by atoms with Gasteiger partial charge in [-0.2, -0.15) is 0 Å². The van der Waals surface area contributed by atoms with Crippen LogP contribution in [0.1, 0.15) is 44.2 Å². The lowest BCUT2D eigenvalue weighted by atomic mass is 9.94. The quantitative estimate of drug-likeness (QED) is 0.712. The van der Waals surface area contributed by atoms with Crippen LogP contribution in [0.4, 0.5) is 0 Å². The predicted molar refractivity (Wildman–Crippen MR) is 78.2 cm³/mol. The molecule has 0 spiro atoms. The molecule has 1 atom stereocenters. The predicted octanol–water partition coefficient (Wildman–Crippen LogP) is 3.50. The van der Waals surface area contributed by atoms with Crippen LogP contribution >= 0.6 is 0 Å². The van der Waals surface area contributed by atoms with E-state index in [1.807, 2.05) is 6.92 Å². The van der Waals surface area contributed by atoms with Crippen molar-refractivity contribution in [2.45, 2.75) is 46.1 Å². The van der Waals surface area contributed by atoms with Crippen molar-refractivity contribution in [3.63, 3.8) is 0 Å². The van der Waals surface area contributed by atoms with Gasteiger partial charge in [-0.1, -0.05) is 43.7 Å². The highest BCUT2D eigenvalue weighted by Crippen LogP contribution is 2.20. The van der Waals surface area contributed by atoms with Crippen LogP contribution in [0, 0.1) is 6.92 Å². The van der Waals surface area contributed by atoms with Crippen LogP contribution in [-0.2, 0) is 4.74 Å². The van der Waals surface area contributed by atoms with Gasteiger partial charge in [0.15, 0.2) is 0 Å². The van der Waals surface area contributed by atoms with Gasteiger partial charge in [-0.15, -0.1) is 0 Å². The van der Waals surface area contributed by atoms with E-state index in [4.69, 9.17) is 4.74 Å². The molecule has 2 nitrogen and oxygen atoms in total. The van der Waals surface area contributed by atoms with Crippen molar-refractivity contribution in [3.8, 4) is 0 Å². The summed E-state index contributed by atoms with van der Waals surface area (Å²) in [5, 5.41) is 3.53. The van der Waals surface area contributed by atoms with Gasteiger partial charge >= 0.3 is 0 Å². The molecule has 1 unspecified atom stereocenters. The van der Waals surface area contributed by atoms with E-state index in [9.17, 15) is 0 Å². The first-order chi connectivity index (χ1) is 8.63. The molecule has 1 aromatic rings. The Morgan fingerprint density at radius 2 is 2.06 bits per heavy atom. The average Bonchev–Trinajstić information content (AvgIpc) is 2.33. The second-order valence-corrected chi connectivity index (χ2v) is 5.16. The maximum Gasteiger partial charge on any atom is 0.0472 e. The lowest BCUT2D eigenvalue weighted by Gasteiger charge is -2.20. The molecule has 1 N–H and O–H groups in total. The number of nitrogens with one attached hydrogen (secondary N) is 1. The van der Waals surface area contributed by atoms with Crippen LogP contribution < -0.4 is 5.32 Å². The molecule has 0 heterocycles. The number of hydrogen-bond acceptors (Lipinski definition) is 2. The van der Waals surface area contributed by atoms with Crippen molar-refractivity contribution in [3.05, 3.63) is 35.4 Å². The third-order valence-electron chi connectivity index (χ3n) is 3.10. The zero-order valence-electron chi connectivity index (χ0n) is 12.2. The summed E-state index contributed by atoms with van der Waals surface area (Å²) in [6.45, 7) is 11.2. The van der Waals surface area contributed by atoms with E-state index in [1.165, 1.54) is 11.1 Å². The Kier molecular flexibility index (Phi) is 6.99. The summed E-state index contributed by atoms with van der Waals surface area (Å²) in [4.78, 5) is 0. The van der Waals surface area contributed by atoms with Gasteiger partial charge in [0, 0.05) is 25.8 Å². The van der Waals surface area contributed by atoms with E-state index in [1.54, 1.807) is 0 Å². The van der Waals surface area contributed by atoms with E-state index >= 15 is 0 Å². The molecule has 0 aliphatic carbocycles. The van der Waals surface area contributed by atoms with Gasteiger partial charge in [0.05, 0.1) is 0 Å². The SMILES string of the molecule is CCOCCC(CNC(C)C)c1cccc(C)c1. The maximum atomic E-state index is 5.49. The first kappa shape index (κ1) is 15.2. The smallest absolute Gasteiger partial charge is 0.0472 e. The molecule has 0 bridgehead atoms. The molecule has 0 amide bonds. The average molecular weight is 249 g/mol. The Hall–Kier alpha value is -0.860. The summed E-state index contributed by atoms with van der Waals surface area (Å²) in [6, 6.07) is 9.35. The van der Waals surface area contributed by atoms with Crippen molar-refractivity contribution >= 4 is 0 Å². The molecule has 0 aromatic heterocycles. The zero-order valence-corrected chi connectivity index (χ0v) is 12.2. The standard InChI is InChI=1S/C16H27NO/c1-5-18-10-9-16(12-17-13(2)3)15-8-6-7-14(4)11-15/h6-8,11,13,16-17H,5,9-10,12H2,1-4H3. The molecule has 0 fully saturated rings. The number of rotatable bonds is 8. The molecule has 0 saturated carbocycles. The molecule has 0 aliphatic rings. The largest absolute Gasteiger partial charge is 0.382 e. The van der Waals surface area contributed by atoms with Crippen LogP contribution in [0.3, 0.4) is 0 Å². The van der Waals surface area contributed by atoms with Crippen LogP contribution in [-0.4, -0.2) is 25.8 Å². The minimum atomic E-state index is 0.532. The fourth-order valence-electron chi connectivity index (χ4n) is 2.06. The van der Waals surface area contributed by atoms with Gasteiger partial charge in [0.25, 0.3) is 0 Å². The zero-order chi connectivity index (χ0) is 13.4. The van der Waals surface area contributed by atoms with Crippen molar-refractivity contribution in [2.75, 3.05) is 19.8 Å². The van der Waals surface area contributed by atoms with Gasteiger partial charge in [0.2, 0.25) is 0 Å². The van der Waals surface area contributed by atoms with Crippen LogP contribution in [0.2, 0.25) is 0 Å². The van der Waals surface area contributed by atoms with Crippen molar-refractivity contribution in [1.29, 1.82) is 0 Å². The molecule has 1 aromatic carbocycles. The summed E-state index contributed by atoms with van der Waals surface area (Å²) in [6.07, 6.45) is 1.08. The van der Waals surface area contributed by atoms with Gasteiger partial charge in [0.1, 0.15) is 0 Å². The summed E-state index contributed by atoms with van der Waals surface area (Å²) in [5.74, 6) is 0.541. The first-order valence-corrected chi connectivity index (χ1v) is 7.01. The number of benzene rings is 1. The summed E-state index contributed by atoms with van der Waals surface area (Å²) in [5.41, 5.74) is 2.75. The highest BCUT2D eigenvalue weighted by atomic mass is 16.5. The van der Waals surface area contributed by atoms with Crippen LogP contribution in [0.5, 0.6) is 0 Å². The topological polar surface area (TPSA) is 21.3 Å². The molecule has 0 saturated heterocycles. The van der Waals surface area contributed by atoms with Crippen LogP contribution in [0.15, 0.2) is 24.3 Å². The Labute approximate surface area is 112 Å². The summed E-state index contributed by atoms with van der Waals surface area (Å²) < 4.78 is 5.49. The minimum Gasteiger partial charge on any atom is -0.382 e. The monoisotopic (exact) mass is 249 g/mol. The second kappa shape index (κ2) is 8.28. The lowest BCUT2D eigenvalue weighted by Crippen LogP contribution is -2.28. The summed E-state index contributed by atoms with van der Waals surface area (Å²) >= 11 is 0. The van der Waals surface area contributed by atoms with Gasteiger partial charge in [-0.3, -0.25) is 0 Å². The Morgan fingerprint density at radius 1 is 1.28 bits per heavy atom. The molecular formula is C16H27NO. The fraction of sp³-hybridized carbons (Fsp3) is 0.625. The number of hydrogen-bond donors (Lipinski definition) is 1. The molecule has 2 heteroatoms. The highest BCUT2D eigenvalue weighted by molar-refractivity contribution is 5.25. The highest BCUT2D eigenvalue weighted by Gasteiger charge is 2.12. The van der Waals surface area contributed by atoms with E-state index in [0.717, 1.165) is 26.2 Å². The molecule has 1 rings (SSSR count). The van der Waals surface area contributed by atoms with Crippen LogP contribution in [0.25, 0.3) is 0 Å².